The van der Waals surface area contributed by atoms with Crippen molar-refractivity contribution < 1.29 is 27.4 Å². The van der Waals surface area contributed by atoms with Crippen LogP contribution in [0.15, 0.2) is 55.0 Å². The van der Waals surface area contributed by atoms with E-state index < -0.39 is 17.7 Å². The molecule has 3 heterocycles. The Kier molecular flexibility index (Phi) is 6.53. The second-order valence-corrected chi connectivity index (χ2v) is 8.98. The summed E-state index contributed by atoms with van der Waals surface area (Å²) in [6.45, 7) is 1.60. The van der Waals surface area contributed by atoms with Gasteiger partial charge < -0.3 is 24.6 Å². The molecule has 11 heteroatoms. The van der Waals surface area contributed by atoms with Crippen LogP contribution in [0.1, 0.15) is 11.1 Å². The average Bonchev–Trinajstić information content (AvgIpc) is 2.91. The van der Waals surface area contributed by atoms with Crippen LogP contribution < -0.4 is 24.6 Å². The number of nitrogens with zero attached hydrogens (tertiary/aromatic N) is 4. The molecule has 37 heavy (non-hydrogen) atoms. The summed E-state index contributed by atoms with van der Waals surface area (Å²) in [5.41, 5.74) is 1.02. The van der Waals surface area contributed by atoms with E-state index in [1.807, 2.05) is 4.90 Å². The highest BCUT2D eigenvalue weighted by molar-refractivity contribution is 5.94. The Morgan fingerprint density at radius 1 is 1.05 bits per heavy atom. The van der Waals surface area contributed by atoms with Crippen molar-refractivity contribution in [3.05, 3.63) is 66.1 Å². The van der Waals surface area contributed by atoms with Crippen LogP contribution in [0.5, 0.6) is 11.5 Å². The van der Waals surface area contributed by atoms with E-state index in [9.17, 15) is 18.0 Å². The summed E-state index contributed by atoms with van der Waals surface area (Å²) in [6, 6.07) is 8.54. The van der Waals surface area contributed by atoms with Gasteiger partial charge in [-0.25, -0.2) is 4.98 Å². The Labute approximate surface area is 212 Å². The number of alkyl halides is 3. The number of nitrogens with one attached hydrogen (secondary N) is 1. The number of anilines is 3. The molecule has 194 valence electrons. The fourth-order valence-corrected chi connectivity index (χ4v) is 5.11. The fourth-order valence-electron chi connectivity index (χ4n) is 5.11. The number of methoxy groups -OCH3 is 2. The van der Waals surface area contributed by atoms with Crippen LogP contribution in [0.3, 0.4) is 0 Å². The summed E-state index contributed by atoms with van der Waals surface area (Å²) >= 11 is 0. The molecule has 1 saturated heterocycles. The molecule has 3 aromatic rings. The van der Waals surface area contributed by atoms with Gasteiger partial charge >= 0.3 is 6.18 Å². The maximum atomic E-state index is 13.6. The Balaban J connectivity index is 1.48. The smallest absolute Gasteiger partial charge is 0.416 e. The zero-order chi connectivity index (χ0) is 26.2. The number of aromatic nitrogens is 2. The summed E-state index contributed by atoms with van der Waals surface area (Å²) in [4.78, 5) is 26.3. The van der Waals surface area contributed by atoms with Gasteiger partial charge in [-0.15, -0.1) is 0 Å². The molecule has 0 spiro atoms. The van der Waals surface area contributed by atoms with Gasteiger partial charge in [-0.2, -0.15) is 13.2 Å². The van der Waals surface area contributed by atoms with Crippen molar-refractivity contribution in [3.8, 4) is 11.5 Å². The van der Waals surface area contributed by atoms with Crippen LogP contribution >= 0.6 is 0 Å². The van der Waals surface area contributed by atoms with Crippen molar-refractivity contribution in [1.29, 1.82) is 0 Å². The quantitative estimate of drug-likeness (QED) is 0.552. The molecule has 2 aliphatic heterocycles. The second kappa shape index (κ2) is 9.79. The van der Waals surface area contributed by atoms with Crippen LogP contribution in [0.25, 0.3) is 0 Å². The van der Waals surface area contributed by atoms with Gasteiger partial charge in [0.05, 0.1) is 37.9 Å². The molecule has 2 aromatic carbocycles. The van der Waals surface area contributed by atoms with Gasteiger partial charge in [-0.1, -0.05) is 0 Å². The number of amides is 1. The molecule has 0 unspecified atom stereocenters. The molecule has 1 amide bonds. The Hall–Kier alpha value is -4.02. The Bertz CT molecular complexity index is 1290. The lowest BCUT2D eigenvalue weighted by Crippen LogP contribution is -2.60. The van der Waals surface area contributed by atoms with Crippen molar-refractivity contribution in [2.24, 2.45) is 5.92 Å². The number of rotatable bonds is 5. The number of ether oxygens (including phenoxy) is 2. The number of carbonyl (C=O) groups excluding carboxylic acids is 1. The third-order valence-electron chi connectivity index (χ3n) is 6.90. The molecule has 8 nitrogen and oxygen atoms in total. The second-order valence-electron chi connectivity index (χ2n) is 8.98. The first-order valence-electron chi connectivity index (χ1n) is 11.8. The molecule has 1 N–H and O–H groups in total. The first-order valence-corrected chi connectivity index (χ1v) is 11.8. The first kappa shape index (κ1) is 24.7. The number of halogens is 3. The Morgan fingerprint density at radius 2 is 1.86 bits per heavy atom. The maximum Gasteiger partial charge on any atom is 0.416 e. The van der Waals surface area contributed by atoms with E-state index in [0.717, 1.165) is 17.8 Å². The van der Waals surface area contributed by atoms with Crippen molar-refractivity contribution >= 4 is 23.1 Å². The third-order valence-corrected chi connectivity index (χ3v) is 6.90. The van der Waals surface area contributed by atoms with E-state index in [-0.39, 0.29) is 18.4 Å². The summed E-state index contributed by atoms with van der Waals surface area (Å²) in [5.74, 6) is 0.774. The maximum absolute atomic E-state index is 13.6. The van der Waals surface area contributed by atoms with Crippen LogP contribution in [-0.2, 0) is 17.4 Å². The summed E-state index contributed by atoms with van der Waals surface area (Å²) in [7, 11) is 3.02. The van der Waals surface area contributed by atoms with E-state index >= 15 is 0 Å². The Morgan fingerprint density at radius 3 is 2.57 bits per heavy atom. The van der Waals surface area contributed by atoms with Gasteiger partial charge in [0.15, 0.2) is 11.5 Å². The van der Waals surface area contributed by atoms with Crippen molar-refractivity contribution in [2.45, 2.75) is 18.6 Å². The molecule has 0 saturated carbocycles. The predicted molar refractivity (Wildman–Crippen MR) is 132 cm³/mol. The van der Waals surface area contributed by atoms with Gasteiger partial charge in [-0.05, 0) is 42.3 Å². The lowest BCUT2D eigenvalue weighted by atomic mass is 9.82. The van der Waals surface area contributed by atoms with E-state index in [2.05, 4.69) is 20.2 Å². The van der Waals surface area contributed by atoms with Gasteiger partial charge in [0.1, 0.15) is 5.82 Å². The average molecular weight is 514 g/mol. The number of piperazine rings is 1. The molecule has 5 rings (SSSR count). The largest absolute Gasteiger partial charge is 0.493 e. The van der Waals surface area contributed by atoms with Crippen LogP contribution in [0, 0.1) is 5.92 Å². The summed E-state index contributed by atoms with van der Waals surface area (Å²) < 4.78 is 51.0. The number of fused-ring (bicyclic) bond motifs is 3. The van der Waals surface area contributed by atoms with E-state index in [1.165, 1.54) is 20.3 Å². The highest BCUT2D eigenvalue weighted by atomic mass is 19.4. The number of benzene rings is 2. The molecule has 0 aliphatic carbocycles. The molecule has 1 aromatic heterocycles. The van der Waals surface area contributed by atoms with E-state index in [4.69, 9.17) is 9.47 Å². The van der Waals surface area contributed by atoms with Crippen molar-refractivity contribution in [1.82, 2.24) is 9.97 Å². The predicted octanol–water partition coefficient (Wildman–Crippen LogP) is 4.02. The third kappa shape index (κ3) is 4.85. The van der Waals surface area contributed by atoms with Crippen LogP contribution in [0.2, 0.25) is 0 Å². The standard InChI is InChI=1S/C26H26F3N5O3/c1-36-22-6-4-18(13-23(22)37-2)32-25(35)19-12-16-11-17(26(27,28)29)3-5-20(16)34-10-9-33(15-21(19)34)24-14-30-7-8-31-24/h3-8,11,13-14,19,21H,9-10,12,15H2,1-2H3,(H,32,35)/t19-,21+/m1/s1. The topological polar surface area (TPSA) is 79.8 Å². The lowest BCUT2D eigenvalue weighted by molar-refractivity contribution is -0.137. The highest BCUT2D eigenvalue weighted by Crippen LogP contribution is 2.40. The van der Waals surface area contributed by atoms with Gasteiger partial charge in [0.25, 0.3) is 0 Å². The molecule has 0 radical (unpaired) electrons. The fraction of sp³-hybridized carbons (Fsp3) is 0.346. The minimum absolute atomic E-state index is 0.174. The highest BCUT2D eigenvalue weighted by Gasteiger charge is 2.43. The minimum atomic E-state index is -4.46. The van der Waals surface area contributed by atoms with Crippen LogP contribution in [-0.4, -0.2) is 55.8 Å². The minimum Gasteiger partial charge on any atom is -0.493 e. The zero-order valence-electron chi connectivity index (χ0n) is 20.3. The zero-order valence-corrected chi connectivity index (χ0v) is 20.3. The first-order chi connectivity index (χ1) is 17.8. The van der Waals surface area contributed by atoms with Gasteiger partial charge in [0, 0.05) is 49.5 Å². The normalized spacial score (nSPS) is 19.1. The SMILES string of the molecule is COc1ccc(NC(=O)[C@@H]2Cc3cc(C(F)(F)F)ccc3N3CCN(c4cnccn4)C[C@@H]23)cc1OC. The van der Waals surface area contributed by atoms with Crippen LogP contribution in [0.4, 0.5) is 30.4 Å². The van der Waals surface area contributed by atoms with E-state index in [0.29, 0.717) is 48.2 Å². The number of carbonyl (C=O) groups is 1. The number of hydrogen-bond acceptors (Lipinski definition) is 7. The molecule has 1 fully saturated rings. The summed E-state index contributed by atoms with van der Waals surface area (Å²) in [5, 5.41) is 2.93. The molecule has 2 atom stereocenters. The van der Waals surface area contributed by atoms with Gasteiger partial charge in [0.2, 0.25) is 5.91 Å². The number of hydrogen-bond donors (Lipinski definition) is 1. The molecule has 2 aliphatic rings. The molecular weight excluding hydrogens is 487 g/mol. The molecule has 0 bridgehead atoms. The van der Waals surface area contributed by atoms with E-state index in [1.54, 1.807) is 36.8 Å². The van der Waals surface area contributed by atoms with Crippen molar-refractivity contribution in [3.63, 3.8) is 0 Å². The lowest BCUT2D eigenvalue weighted by Gasteiger charge is -2.49. The monoisotopic (exact) mass is 513 g/mol. The molecular formula is C26H26F3N5O3. The summed E-state index contributed by atoms with van der Waals surface area (Å²) in [6.07, 6.45) is 0.578. The van der Waals surface area contributed by atoms with Gasteiger partial charge in [-0.3, -0.25) is 9.78 Å². The van der Waals surface area contributed by atoms with Crippen molar-refractivity contribution in [2.75, 3.05) is 49.0 Å².